The summed E-state index contributed by atoms with van der Waals surface area (Å²) in [6, 6.07) is 7.88. The number of hydrogen-bond acceptors (Lipinski definition) is 4. The van der Waals surface area contributed by atoms with Gasteiger partial charge in [0, 0.05) is 25.3 Å². The van der Waals surface area contributed by atoms with E-state index in [-0.39, 0.29) is 25.1 Å². The molecule has 1 amide bonds. The van der Waals surface area contributed by atoms with E-state index in [2.05, 4.69) is 11.4 Å². The number of ether oxygens (including phenoxy) is 2. The van der Waals surface area contributed by atoms with Crippen molar-refractivity contribution in [2.75, 3.05) is 20.3 Å². The number of amides is 1. The molecule has 0 heterocycles. The summed E-state index contributed by atoms with van der Waals surface area (Å²) in [5, 5.41) is 3.22. The highest BCUT2D eigenvalue weighted by molar-refractivity contribution is 5.93. The number of methoxy groups -OCH3 is 1. The first-order chi connectivity index (χ1) is 14.0. The Morgan fingerprint density at radius 3 is 2.48 bits per heavy atom. The average molecular weight is 403 g/mol. The lowest BCUT2D eigenvalue weighted by Gasteiger charge is -2.38. The number of nitrogens with two attached hydrogens (primary N) is 1. The fraction of sp³-hybridized carbons (Fsp3) is 0.522. The summed E-state index contributed by atoms with van der Waals surface area (Å²) in [5.41, 5.74) is 7.61. The molecule has 0 aromatic heterocycles. The van der Waals surface area contributed by atoms with Crippen molar-refractivity contribution in [1.82, 2.24) is 5.32 Å². The highest BCUT2D eigenvalue weighted by Gasteiger charge is 2.40. The van der Waals surface area contributed by atoms with E-state index in [0.717, 1.165) is 36.8 Å². The quantitative estimate of drug-likeness (QED) is 0.695. The Hall–Kier alpha value is -2.18. The second-order valence-corrected chi connectivity index (χ2v) is 8.23. The Kier molecular flexibility index (Phi) is 7.09. The van der Waals surface area contributed by atoms with E-state index in [1.54, 1.807) is 7.11 Å². The van der Waals surface area contributed by atoms with Crippen LogP contribution in [0.1, 0.15) is 44.6 Å². The summed E-state index contributed by atoms with van der Waals surface area (Å²) < 4.78 is 23.5. The van der Waals surface area contributed by atoms with Crippen molar-refractivity contribution in [1.29, 1.82) is 0 Å². The molecule has 0 saturated heterocycles. The predicted octanol–water partition coefficient (Wildman–Crippen LogP) is 3.74. The summed E-state index contributed by atoms with van der Waals surface area (Å²) in [6.45, 7) is 2.26. The molecule has 1 aromatic rings. The van der Waals surface area contributed by atoms with Crippen LogP contribution in [0, 0.1) is 5.41 Å². The molecule has 5 nitrogen and oxygen atoms in total. The van der Waals surface area contributed by atoms with Crippen molar-refractivity contribution < 1.29 is 18.7 Å². The van der Waals surface area contributed by atoms with Gasteiger partial charge in [0.15, 0.2) is 0 Å². The fourth-order valence-electron chi connectivity index (χ4n) is 3.95. The van der Waals surface area contributed by atoms with Crippen LogP contribution < -0.4 is 15.8 Å². The molecule has 1 fully saturated rings. The Bertz CT molecular complexity index is 767. The molecular formula is C23H31FN2O3. The number of allylic oxidation sites excluding steroid dienone is 1. The third-order valence-electron chi connectivity index (χ3n) is 5.98. The highest BCUT2D eigenvalue weighted by Crippen LogP contribution is 2.44. The molecule has 2 aliphatic rings. The van der Waals surface area contributed by atoms with Crippen LogP contribution in [0.2, 0.25) is 0 Å². The Morgan fingerprint density at radius 1 is 1.28 bits per heavy atom. The number of carbonyl (C=O) groups is 1. The van der Waals surface area contributed by atoms with Crippen LogP contribution in [-0.4, -0.2) is 38.3 Å². The largest absolute Gasteiger partial charge is 0.489 e. The third-order valence-corrected chi connectivity index (χ3v) is 5.98. The van der Waals surface area contributed by atoms with Gasteiger partial charge >= 0.3 is 0 Å². The normalized spacial score (nSPS) is 27.0. The van der Waals surface area contributed by atoms with E-state index in [1.807, 2.05) is 31.2 Å². The molecular weight excluding hydrogens is 371 g/mol. The van der Waals surface area contributed by atoms with Crippen molar-refractivity contribution in [3.8, 4) is 5.75 Å². The summed E-state index contributed by atoms with van der Waals surface area (Å²) in [4.78, 5) is 12.8. The smallest absolute Gasteiger partial charge is 0.230 e. The Morgan fingerprint density at radius 2 is 1.93 bits per heavy atom. The summed E-state index contributed by atoms with van der Waals surface area (Å²) in [7, 11) is 1.75. The number of hydrogen-bond donors (Lipinski definition) is 2. The van der Waals surface area contributed by atoms with Gasteiger partial charge < -0.3 is 20.5 Å². The van der Waals surface area contributed by atoms with Gasteiger partial charge in [-0.3, -0.25) is 4.79 Å². The number of rotatable bonds is 8. The van der Waals surface area contributed by atoms with Crippen molar-refractivity contribution in [3.05, 3.63) is 47.8 Å². The molecule has 1 aromatic carbocycles. The van der Waals surface area contributed by atoms with Gasteiger partial charge in [-0.2, -0.15) is 0 Å². The van der Waals surface area contributed by atoms with Crippen molar-refractivity contribution in [2.24, 2.45) is 11.1 Å². The van der Waals surface area contributed by atoms with E-state index in [9.17, 15) is 9.18 Å². The molecule has 3 N–H and O–H groups in total. The van der Waals surface area contributed by atoms with Gasteiger partial charge in [0.05, 0.1) is 17.8 Å². The zero-order chi connectivity index (χ0) is 20.9. The molecule has 1 saturated carbocycles. The van der Waals surface area contributed by atoms with Crippen molar-refractivity contribution >= 4 is 11.5 Å². The van der Waals surface area contributed by atoms with E-state index < -0.39 is 5.41 Å². The minimum atomic E-state index is -0.454. The molecule has 3 rings (SSSR count). The number of carbonyl (C=O) groups excluding carboxylic acids is 1. The molecule has 158 valence electrons. The molecule has 1 unspecified atom stereocenters. The molecule has 1 atom stereocenters. The van der Waals surface area contributed by atoms with Crippen LogP contribution in [0.5, 0.6) is 5.75 Å². The molecule has 0 radical (unpaired) electrons. The zero-order valence-electron chi connectivity index (χ0n) is 17.2. The van der Waals surface area contributed by atoms with Crippen LogP contribution in [0.25, 0.3) is 5.57 Å². The first-order valence-electron chi connectivity index (χ1n) is 10.2. The summed E-state index contributed by atoms with van der Waals surface area (Å²) >= 11 is 0. The van der Waals surface area contributed by atoms with Crippen LogP contribution in [0.4, 0.5) is 4.39 Å². The molecule has 0 spiro atoms. The third kappa shape index (κ3) is 5.25. The lowest BCUT2D eigenvalue weighted by atomic mass is 9.69. The minimum absolute atomic E-state index is 0.106. The van der Waals surface area contributed by atoms with Gasteiger partial charge in [0.25, 0.3) is 0 Å². The average Bonchev–Trinajstić information content (AvgIpc) is 2.73. The molecule has 0 bridgehead atoms. The van der Waals surface area contributed by atoms with Gasteiger partial charge in [0.1, 0.15) is 12.4 Å². The van der Waals surface area contributed by atoms with E-state index in [0.29, 0.717) is 30.2 Å². The first kappa shape index (κ1) is 21.5. The standard InChI is InChI=1S/C23H31FN2O3/c1-23(22(27)26-19-5-9-20(28-2)10-6-19)11-18(12-23)17-3-7-21(8-4-17)29-15-16(13-24)14-25/h3-4,7-8,11,13,19-20H,5-6,9-10,12,14-15,25H2,1-2H3,(H,26,27)/b16-13+. The maximum atomic E-state index is 12.8. The fourth-order valence-corrected chi connectivity index (χ4v) is 3.95. The monoisotopic (exact) mass is 402 g/mol. The van der Waals surface area contributed by atoms with Crippen LogP contribution >= 0.6 is 0 Å². The summed E-state index contributed by atoms with van der Waals surface area (Å²) in [6.07, 6.45) is 7.54. The van der Waals surface area contributed by atoms with E-state index in [4.69, 9.17) is 15.2 Å². The first-order valence-corrected chi connectivity index (χ1v) is 10.2. The Labute approximate surface area is 172 Å². The predicted molar refractivity (Wildman–Crippen MR) is 112 cm³/mol. The highest BCUT2D eigenvalue weighted by atomic mass is 19.1. The second-order valence-electron chi connectivity index (χ2n) is 8.23. The van der Waals surface area contributed by atoms with Crippen LogP contribution in [0.3, 0.4) is 0 Å². The minimum Gasteiger partial charge on any atom is -0.489 e. The number of halogens is 1. The van der Waals surface area contributed by atoms with Gasteiger partial charge in [-0.15, -0.1) is 0 Å². The number of nitrogens with one attached hydrogen (secondary N) is 1. The SMILES string of the molecule is COC1CCC(NC(=O)C2(C)C=C(c3ccc(OC/C(=C/F)CN)cc3)C2)CC1. The topological polar surface area (TPSA) is 73.6 Å². The molecule has 0 aliphatic heterocycles. The molecule has 6 heteroatoms. The van der Waals surface area contributed by atoms with E-state index >= 15 is 0 Å². The second kappa shape index (κ2) is 9.55. The van der Waals surface area contributed by atoms with Gasteiger partial charge in [-0.05, 0) is 62.3 Å². The molecule has 2 aliphatic carbocycles. The lowest BCUT2D eigenvalue weighted by Crippen LogP contribution is -2.47. The van der Waals surface area contributed by atoms with Crippen molar-refractivity contribution in [3.63, 3.8) is 0 Å². The maximum Gasteiger partial charge on any atom is 0.230 e. The lowest BCUT2D eigenvalue weighted by molar-refractivity contribution is -0.129. The number of benzene rings is 1. The van der Waals surface area contributed by atoms with E-state index in [1.165, 1.54) is 0 Å². The zero-order valence-corrected chi connectivity index (χ0v) is 17.2. The van der Waals surface area contributed by atoms with Crippen molar-refractivity contribution in [2.45, 2.75) is 51.2 Å². The van der Waals surface area contributed by atoms with Gasteiger partial charge in [-0.25, -0.2) is 4.39 Å². The summed E-state index contributed by atoms with van der Waals surface area (Å²) in [5.74, 6) is 0.767. The van der Waals surface area contributed by atoms with Crippen LogP contribution in [-0.2, 0) is 9.53 Å². The van der Waals surface area contributed by atoms with Crippen LogP contribution in [0.15, 0.2) is 42.2 Å². The maximum absolute atomic E-state index is 12.8. The molecule has 29 heavy (non-hydrogen) atoms. The van der Waals surface area contributed by atoms with Gasteiger partial charge in [-0.1, -0.05) is 18.2 Å². The Balaban J connectivity index is 1.52. The van der Waals surface area contributed by atoms with Gasteiger partial charge in [0.2, 0.25) is 5.91 Å².